The Bertz CT molecular complexity index is 328. The first-order chi connectivity index (χ1) is 6.63. The Labute approximate surface area is 97.2 Å². The van der Waals surface area contributed by atoms with E-state index in [1.165, 1.54) is 0 Å². The number of halogens is 1. The summed E-state index contributed by atoms with van der Waals surface area (Å²) < 4.78 is 1.05. The Morgan fingerprint density at radius 1 is 1.64 bits per heavy atom. The average Bonchev–Trinajstić information content (AvgIpc) is 2.17. The molecule has 4 heteroatoms. The van der Waals surface area contributed by atoms with Gasteiger partial charge in [0.1, 0.15) is 0 Å². The molecule has 0 bridgehead atoms. The van der Waals surface area contributed by atoms with E-state index in [0.717, 1.165) is 3.57 Å². The van der Waals surface area contributed by atoms with Crippen molar-refractivity contribution in [1.29, 1.82) is 0 Å². The number of rotatable bonds is 3. The van der Waals surface area contributed by atoms with Crippen molar-refractivity contribution in [3.63, 3.8) is 0 Å². The molecule has 1 aromatic carbocycles. The molecule has 14 heavy (non-hydrogen) atoms. The molecule has 0 saturated carbocycles. The first-order valence-electron chi connectivity index (χ1n) is 4.40. The quantitative estimate of drug-likeness (QED) is 0.829. The Morgan fingerprint density at radius 2 is 2.36 bits per heavy atom. The maximum atomic E-state index is 11.6. The van der Waals surface area contributed by atoms with Crippen LogP contribution in [-0.2, 0) is 0 Å². The second-order valence-corrected chi connectivity index (χ2v) is 4.37. The summed E-state index contributed by atoms with van der Waals surface area (Å²) in [5.41, 5.74) is 6.09. The number of benzene rings is 1. The number of amides is 1. The van der Waals surface area contributed by atoms with Crippen molar-refractivity contribution >= 4 is 28.5 Å². The zero-order valence-electron chi connectivity index (χ0n) is 7.96. The van der Waals surface area contributed by atoms with E-state index in [9.17, 15) is 4.79 Å². The molecule has 1 atom stereocenters. The normalized spacial score (nSPS) is 12.2. The van der Waals surface area contributed by atoms with E-state index in [1.807, 2.05) is 25.1 Å². The third kappa shape index (κ3) is 3.26. The van der Waals surface area contributed by atoms with Crippen molar-refractivity contribution in [2.45, 2.75) is 13.0 Å². The fraction of sp³-hybridized carbons (Fsp3) is 0.300. The van der Waals surface area contributed by atoms with Crippen LogP contribution in [-0.4, -0.2) is 18.5 Å². The lowest BCUT2D eigenvalue weighted by atomic mass is 10.2. The van der Waals surface area contributed by atoms with Gasteiger partial charge in [-0.15, -0.1) is 0 Å². The molecule has 0 aliphatic heterocycles. The monoisotopic (exact) mass is 304 g/mol. The Hall–Kier alpha value is -0.620. The van der Waals surface area contributed by atoms with E-state index in [2.05, 4.69) is 27.9 Å². The molecule has 0 spiro atoms. The zero-order chi connectivity index (χ0) is 10.6. The van der Waals surface area contributed by atoms with E-state index >= 15 is 0 Å². The molecule has 1 amide bonds. The standard InChI is InChI=1S/C10H13IN2O/c1-7(6-12)13-10(14)8-3-2-4-9(11)5-8/h2-5,7H,6,12H2,1H3,(H,13,14)/t7-/m1/s1. The average molecular weight is 304 g/mol. The molecule has 0 aliphatic carbocycles. The smallest absolute Gasteiger partial charge is 0.251 e. The van der Waals surface area contributed by atoms with E-state index in [-0.39, 0.29) is 11.9 Å². The second kappa shape index (κ2) is 5.31. The van der Waals surface area contributed by atoms with E-state index < -0.39 is 0 Å². The van der Waals surface area contributed by atoms with Crippen LogP contribution in [0.5, 0.6) is 0 Å². The molecule has 1 rings (SSSR count). The third-order valence-electron chi connectivity index (χ3n) is 1.82. The van der Waals surface area contributed by atoms with Crippen molar-refractivity contribution in [3.05, 3.63) is 33.4 Å². The molecule has 1 aromatic rings. The molecule has 0 saturated heterocycles. The molecule has 0 aliphatic rings. The van der Waals surface area contributed by atoms with E-state index in [1.54, 1.807) is 6.07 Å². The highest BCUT2D eigenvalue weighted by molar-refractivity contribution is 14.1. The summed E-state index contributed by atoms with van der Waals surface area (Å²) >= 11 is 2.18. The predicted molar refractivity (Wildman–Crippen MR) is 65.1 cm³/mol. The lowest BCUT2D eigenvalue weighted by molar-refractivity contribution is 0.0941. The molecule has 0 aromatic heterocycles. The van der Waals surface area contributed by atoms with Crippen LogP contribution in [0.2, 0.25) is 0 Å². The SMILES string of the molecule is C[C@H](CN)NC(=O)c1cccc(I)c1. The third-order valence-corrected chi connectivity index (χ3v) is 2.49. The maximum absolute atomic E-state index is 11.6. The van der Waals surface area contributed by atoms with Crippen LogP contribution in [0.1, 0.15) is 17.3 Å². The second-order valence-electron chi connectivity index (χ2n) is 3.12. The summed E-state index contributed by atoms with van der Waals surface area (Å²) in [7, 11) is 0. The minimum absolute atomic E-state index is 0.0142. The summed E-state index contributed by atoms with van der Waals surface area (Å²) in [6, 6.07) is 7.47. The van der Waals surface area contributed by atoms with Crippen LogP contribution in [0.15, 0.2) is 24.3 Å². The Morgan fingerprint density at radius 3 is 2.93 bits per heavy atom. The summed E-state index contributed by atoms with van der Waals surface area (Å²) in [6.45, 7) is 2.33. The first-order valence-corrected chi connectivity index (χ1v) is 5.48. The highest BCUT2D eigenvalue weighted by Gasteiger charge is 2.07. The van der Waals surface area contributed by atoms with Crippen LogP contribution >= 0.6 is 22.6 Å². The molecule has 0 fully saturated rings. The van der Waals surface area contributed by atoms with Gasteiger partial charge in [0.05, 0.1) is 0 Å². The molecule has 76 valence electrons. The zero-order valence-corrected chi connectivity index (χ0v) is 10.1. The molecule has 0 unspecified atom stereocenters. The van der Waals surface area contributed by atoms with Crippen molar-refractivity contribution < 1.29 is 4.79 Å². The van der Waals surface area contributed by atoms with Gasteiger partial charge in [-0.3, -0.25) is 4.79 Å². The van der Waals surface area contributed by atoms with Gasteiger partial charge in [0.15, 0.2) is 0 Å². The molecule has 3 nitrogen and oxygen atoms in total. The predicted octanol–water partition coefficient (Wildman–Crippen LogP) is 1.37. The van der Waals surface area contributed by atoms with Crippen molar-refractivity contribution in [3.8, 4) is 0 Å². The number of nitrogens with two attached hydrogens (primary N) is 1. The van der Waals surface area contributed by atoms with Crippen molar-refractivity contribution in [2.75, 3.05) is 6.54 Å². The van der Waals surface area contributed by atoms with Crippen LogP contribution in [0, 0.1) is 3.57 Å². The summed E-state index contributed by atoms with van der Waals surface area (Å²) in [4.78, 5) is 11.6. The fourth-order valence-corrected chi connectivity index (χ4v) is 1.54. The van der Waals surface area contributed by atoms with Crippen LogP contribution < -0.4 is 11.1 Å². The lowest BCUT2D eigenvalue weighted by Gasteiger charge is -2.11. The van der Waals surface area contributed by atoms with Crippen LogP contribution in [0.25, 0.3) is 0 Å². The van der Waals surface area contributed by atoms with Crippen molar-refractivity contribution in [1.82, 2.24) is 5.32 Å². The minimum Gasteiger partial charge on any atom is -0.348 e. The maximum Gasteiger partial charge on any atom is 0.251 e. The highest BCUT2D eigenvalue weighted by atomic mass is 127. The number of hydrogen-bond donors (Lipinski definition) is 2. The minimum atomic E-state index is -0.0681. The van der Waals surface area contributed by atoms with Gasteiger partial charge in [-0.05, 0) is 47.7 Å². The van der Waals surface area contributed by atoms with Gasteiger partial charge in [0, 0.05) is 21.7 Å². The number of carbonyl (C=O) groups is 1. The topological polar surface area (TPSA) is 55.1 Å². The van der Waals surface area contributed by atoms with E-state index in [4.69, 9.17) is 5.73 Å². The molecular formula is C10H13IN2O. The first kappa shape index (κ1) is 11.5. The summed E-state index contributed by atoms with van der Waals surface area (Å²) in [5.74, 6) is -0.0681. The van der Waals surface area contributed by atoms with Gasteiger partial charge in [0.25, 0.3) is 5.91 Å². The van der Waals surface area contributed by atoms with Gasteiger partial charge >= 0.3 is 0 Å². The Kier molecular flexibility index (Phi) is 4.34. The lowest BCUT2D eigenvalue weighted by Crippen LogP contribution is -2.37. The number of nitrogens with one attached hydrogen (secondary N) is 1. The van der Waals surface area contributed by atoms with Gasteiger partial charge in [-0.1, -0.05) is 6.07 Å². The number of carbonyl (C=O) groups excluding carboxylic acids is 1. The van der Waals surface area contributed by atoms with E-state index in [0.29, 0.717) is 12.1 Å². The summed E-state index contributed by atoms with van der Waals surface area (Å²) in [5, 5.41) is 2.81. The van der Waals surface area contributed by atoms with Gasteiger partial charge in [0.2, 0.25) is 0 Å². The van der Waals surface area contributed by atoms with Crippen molar-refractivity contribution in [2.24, 2.45) is 5.73 Å². The van der Waals surface area contributed by atoms with Crippen LogP contribution in [0.4, 0.5) is 0 Å². The Balaban J connectivity index is 2.70. The number of hydrogen-bond acceptors (Lipinski definition) is 2. The molecular weight excluding hydrogens is 291 g/mol. The van der Waals surface area contributed by atoms with Gasteiger partial charge in [-0.25, -0.2) is 0 Å². The van der Waals surface area contributed by atoms with Crippen LogP contribution in [0.3, 0.4) is 0 Å². The fourth-order valence-electron chi connectivity index (χ4n) is 0.996. The van der Waals surface area contributed by atoms with Gasteiger partial charge < -0.3 is 11.1 Å². The summed E-state index contributed by atoms with van der Waals surface area (Å²) in [6.07, 6.45) is 0. The molecule has 3 N–H and O–H groups in total. The molecule has 0 radical (unpaired) electrons. The molecule has 0 heterocycles. The highest BCUT2D eigenvalue weighted by Crippen LogP contribution is 2.07. The largest absolute Gasteiger partial charge is 0.348 e. The van der Waals surface area contributed by atoms with Gasteiger partial charge in [-0.2, -0.15) is 0 Å².